The van der Waals surface area contributed by atoms with Crippen LogP contribution in [-0.2, 0) is 6.42 Å². The summed E-state index contributed by atoms with van der Waals surface area (Å²) >= 11 is 5.83. The predicted octanol–water partition coefficient (Wildman–Crippen LogP) is 2.41. The Morgan fingerprint density at radius 3 is 2.55 bits per heavy atom. The molecule has 0 amide bonds. The van der Waals surface area contributed by atoms with E-state index >= 15 is 0 Å². The van der Waals surface area contributed by atoms with Gasteiger partial charge in [0.15, 0.2) is 11.6 Å². The van der Waals surface area contributed by atoms with Crippen molar-refractivity contribution in [3.8, 4) is 5.69 Å². The quantitative estimate of drug-likeness (QED) is 0.885. The Balaban J connectivity index is 2.73. The van der Waals surface area contributed by atoms with Crippen LogP contribution >= 0.6 is 11.6 Å². The fraction of sp³-hybridized carbons (Fsp3) is 0.231. The zero-order chi connectivity index (χ0) is 14.9. The third-order valence-corrected chi connectivity index (χ3v) is 3.13. The van der Waals surface area contributed by atoms with Crippen LogP contribution in [0.3, 0.4) is 0 Å². The first-order valence-corrected chi connectivity index (χ1v) is 6.32. The van der Waals surface area contributed by atoms with Crippen LogP contribution in [0.2, 0.25) is 5.15 Å². The van der Waals surface area contributed by atoms with Gasteiger partial charge in [0.2, 0.25) is 0 Å². The maximum Gasteiger partial charge on any atom is 0.334 e. The van der Waals surface area contributed by atoms with Crippen LogP contribution in [0.1, 0.15) is 18.9 Å². The first kappa shape index (κ1) is 14.5. The summed E-state index contributed by atoms with van der Waals surface area (Å²) in [7, 11) is 0. The molecule has 0 unspecified atom stereocenters. The molecule has 1 aromatic carbocycles. The molecule has 7 heteroatoms. The highest BCUT2D eigenvalue weighted by atomic mass is 35.5. The topological polar surface area (TPSA) is 54.9 Å². The molecule has 0 spiro atoms. The van der Waals surface area contributed by atoms with E-state index in [1.165, 1.54) is 0 Å². The molecule has 0 aliphatic carbocycles. The summed E-state index contributed by atoms with van der Waals surface area (Å²) in [5.41, 5.74) is -1.25. The van der Waals surface area contributed by atoms with E-state index in [4.69, 9.17) is 11.6 Å². The summed E-state index contributed by atoms with van der Waals surface area (Å²) < 4.78 is 26.9. The number of halogens is 3. The lowest BCUT2D eigenvalue weighted by Gasteiger charge is -2.08. The molecule has 20 heavy (non-hydrogen) atoms. The van der Waals surface area contributed by atoms with Crippen molar-refractivity contribution in [3.63, 3.8) is 0 Å². The normalized spacial score (nSPS) is 10.8. The third-order valence-electron chi connectivity index (χ3n) is 2.81. The van der Waals surface area contributed by atoms with Gasteiger partial charge in [-0.2, -0.15) is 0 Å². The van der Waals surface area contributed by atoms with Crippen LogP contribution in [0, 0.1) is 11.6 Å². The molecule has 0 saturated heterocycles. The van der Waals surface area contributed by atoms with Crippen LogP contribution in [0.15, 0.2) is 27.8 Å². The standard InChI is InChI=1S/C13H11ClF2N2O2/c1-2-3-8-11(14)17-13(20)18(12(8)19)7-4-5-9(15)10(16)6-7/h4-6H,2-3H2,1H3,(H,17,20). The average Bonchev–Trinajstić information content (AvgIpc) is 2.38. The molecule has 2 aromatic rings. The van der Waals surface area contributed by atoms with Crippen molar-refractivity contribution in [2.45, 2.75) is 19.8 Å². The van der Waals surface area contributed by atoms with E-state index in [1.807, 2.05) is 6.92 Å². The van der Waals surface area contributed by atoms with E-state index in [-0.39, 0.29) is 16.4 Å². The molecular weight excluding hydrogens is 290 g/mol. The monoisotopic (exact) mass is 300 g/mol. The Morgan fingerprint density at radius 1 is 1.25 bits per heavy atom. The number of hydrogen-bond donors (Lipinski definition) is 1. The van der Waals surface area contributed by atoms with Crippen molar-refractivity contribution >= 4 is 11.6 Å². The van der Waals surface area contributed by atoms with E-state index in [0.717, 1.165) is 22.8 Å². The van der Waals surface area contributed by atoms with E-state index < -0.39 is 22.9 Å². The minimum atomic E-state index is -1.14. The fourth-order valence-corrected chi connectivity index (χ4v) is 2.13. The van der Waals surface area contributed by atoms with Gasteiger partial charge in [0.25, 0.3) is 5.56 Å². The molecule has 4 nitrogen and oxygen atoms in total. The molecule has 0 aliphatic heterocycles. The molecule has 0 radical (unpaired) electrons. The number of H-pyrrole nitrogens is 1. The smallest absolute Gasteiger partial charge is 0.297 e. The van der Waals surface area contributed by atoms with Crippen LogP contribution in [0.25, 0.3) is 5.69 Å². The number of hydrogen-bond acceptors (Lipinski definition) is 2. The summed E-state index contributed by atoms with van der Waals surface area (Å²) in [4.78, 5) is 26.4. The van der Waals surface area contributed by atoms with E-state index in [1.54, 1.807) is 0 Å². The zero-order valence-corrected chi connectivity index (χ0v) is 11.3. The first-order chi connectivity index (χ1) is 9.45. The van der Waals surface area contributed by atoms with Crippen molar-refractivity contribution in [2.24, 2.45) is 0 Å². The Morgan fingerprint density at radius 2 is 1.95 bits per heavy atom. The highest BCUT2D eigenvalue weighted by Crippen LogP contribution is 2.13. The summed E-state index contributed by atoms with van der Waals surface area (Å²) in [5.74, 6) is -2.19. The van der Waals surface area contributed by atoms with Gasteiger partial charge in [-0.3, -0.25) is 9.78 Å². The van der Waals surface area contributed by atoms with Crippen molar-refractivity contribution in [1.29, 1.82) is 0 Å². The number of benzene rings is 1. The van der Waals surface area contributed by atoms with Crippen molar-refractivity contribution in [1.82, 2.24) is 9.55 Å². The molecular formula is C13H11ClF2N2O2. The summed E-state index contributed by atoms with van der Waals surface area (Å²) in [5, 5.41) is -0.0271. The van der Waals surface area contributed by atoms with Gasteiger partial charge in [0, 0.05) is 6.07 Å². The molecule has 1 aromatic heterocycles. The van der Waals surface area contributed by atoms with Crippen LogP contribution in [0.4, 0.5) is 8.78 Å². The Kier molecular flexibility index (Phi) is 4.04. The highest BCUT2D eigenvalue weighted by Gasteiger charge is 2.14. The van der Waals surface area contributed by atoms with E-state index in [0.29, 0.717) is 12.8 Å². The first-order valence-electron chi connectivity index (χ1n) is 5.94. The molecule has 106 valence electrons. The lowest BCUT2D eigenvalue weighted by Crippen LogP contribution is -2.36. The van der Waals surface area contributed by atoms with Gasteiger partial charge < -0.3 is 0 Å². The van der Waals surface area contributed by atoms with Gasteiger partial charge in [-0.25, -0.2) is 18.1 Å². The second kappa shape index (κ2) is 5.58. The molecule has 2 rings (SSSR count). The van der Waals surface area contributed by atoms with Crippen molar-refractivity contribution in [2.75, 3.05) is 0 Å². The molecule has 0 saturated carbocycles. The second-order valence-electron chi connectivity index (χ2n) is 4.21. The summed E-state index contributed by atoms with van der Waals surface area (Å²) in [6, 6.07) is 2.79. The second-order valence-corrected chi connectivity index (χ2v) is 4.59. The lowest BCUT2D eigenvalue weighted by atomic mass is 10.2. The average molecular weight is 301 g/mol. The van der Waals surface area contributed by atoms with Gasteiger partial charge in [-0.15, -0.1) is 0 Å². The van der Waals surface area contributed by atoms with Gasteiger partial charge in [0.1, 0.15) is 5.15 Å². The van der Waals surface area contributed by atoms with E-state index in [9.17, 15) is 18.4 Å². The van der Waals surface area contributed by atoms with Crippen LogP contribution in [0.5, 0.6) is 0 Å². The van der Waals surface area contributed by atoms with Crippen LogP contribution < -0.4 is 11.2 Å². The van der Waals surface area contributed by atoms with Crippen LogP contribution in [-0.4, -0.2) is 9.55 Å². The Bertz CT molecular complexity index is 768. The molecule has 0 fully saturated rings. The Labute approximate surface area is 117 Å². The highest BCUT2D eigenvalue weighted by molar-refractivity contribution is 6.30. The fourth-order valence-electron chi connectivity index (χ4n) is 1.87. The van der Waals surface area contributed by atoms with Gasteiger partial charge in [0.05, 0.1) is 11.3 Å². The van der Waals surface area contributed by atoms with Gasteiger partial charge in [-0.05, 0) is 18.6 Å². The minimum Gasteiger partial charge on any atom is -0.297 e. The number of nitrogens with zero attached hydrogens (tertiary/aromatic N) is 1. The molecule has 0 atom stereocenters. The summed E-state index contributed by atoms with van der Waals surface area (Å²) in [6.45, 7) is 1.85. The van der Waals surface area contributed by atoms with Crippen molar-refractivity contribution in [3.05, 3.63) is 61.4 Å². The third kappa shape index (κ3) is 2.51. The maximum absolute atomic E-state index is 13.2. The molecule has 0 aliphatic rings. The largest absolute Gasteiger partial charge is 0.334 e. The number of rotatable bonds is 3. The number of nitrogens with one attached hydrogen (secondary N) is 1. The zero-order valence-electron chi connectivity index (χ0n) is 10.5. The molecule has 1 heterocycles. The van der Waals surface area contributed by atoms with E-state index in [2.05, 4.69) is 4.98 Å². The SMILES string of the molecule is CCCc1c(Cl)[nH]c(=O)n(-c2ccc(F)c(F)c2)c1=O. The molecule has 1 N–H and O–H groups in total. The number of aromatic amines is 1. The predicted molar refractivity (Wildman–Crippen MR) is 71.6 cm³/mol. The van der Waals surface area contributed by atoms with Gasteiger partial charge >= 0.3 is 5.69 Å². The van der Waals surface area contributed by atoms with Gasteiger partial charge in [-0.1, -0.05) is 24.9 Å². The van der Waals surface area contributed by atoms with Crippen molar-refractivity contribution < 1.29 is 8.78 Å². The maximum atomic E-state index is 13.2. The minimum absolute atomic E-state index is 0.0271. The number of aromatic nitrogens is 2. The Hall–Kier alpha value is -1.95. The molecule has 0 bridgehead atoms. The summed E-state index contributed by atoms with van der Waals surface area (Å²) in [6.07, 6.45) is 1.02. The lowest BCUT2D eigenvalue weighted by molar-refractivity contribution is 0.507.